The topological polar surface area (TPSA) is 42.7 Å². The van der Waals surface area contributed by atoms with Crippen molar-refractivity contribution in [1.29, 1.82) is 0 Å². The van der Waals surface area contributed by atoms with Crippen LogP contribution in [0, 0.1) is 13.8 Å². The molecule has 0 atom stereocenters. The van der Waals surface area contributed by atoms with Crippen molar-refractivity contribution in [3.63, 3.8) is 0 Å². The second-order valence-corrected chi connectivity index (χ2v) is 5.94. The second kappa shape index (κ2) is 6.79. The van der Waals surface area contributed by atoms with Crippen LogP contribution < -0.4 is 4.74 Å². The van der Waals surface area contributed by atoms with Crippen LogP contribution in [0.5, 0.6) is 5.75 Å². The maximum Gasteiger partial charge on any atom is 0.289 e. The van der Waals surface area contributed by atoms with Gasteiger partial charge in [-0.25, -0.2) is 0 Å². The predicted molar refractivity (Wildman–Crippen MR) is 94.6 cm³/mol. The first-order chi connectivity index (χ1) is 11.6. The molecule has 0 saturated carbocycles. The average Bonchev–Trinajstić information content (AvgIpc) is 2.91. The molecule has 4 heteroatoms. The number of hydrogen-bond acceptors (Lipinski definition) is 3. The van der Waals surface area contributed by atoms with Gasteiger partial charge in [-0.2, -0.15) is 0 Å². The highest BCUT2D eigenvalue weighted by Gasteiger charge is 2.20. The molecule has 4 nitrogen and oxygen atoms in total. The van der Waals surface area contributed by atoms with Crippen molar-refractivity contribution < 1.29 is 13.9 Å². The molecule has 3 rings (SSSR count). The lowest BCUT2D eigenvalue weighted by atomic mass is 10.1. The maximum atomic E-state index is 12.6. The van der Waals surface area contributed by atoms with Gasteiger partial charge in [-0.1, -0.05) is 30.3 Å². The Morgan fingerprint density at radius 2 is 1.92 bits per heavy atom. The van der Waals surface area contributed by atoms with Gasteiger partial charge in [-0.3, -0.25) is 4.79 Å². The fourth-order valence-electron chi connectivity index (χ4n) is 2.66. The van der Waals surface area contributed by atoms with Gasteiger partial charge < -0.3 is 14.1 Å². The zero-order valence-electron chi connectivity index (χ0n) is 14.2. The van der Waals surface area contributed by atoms with E-state index in [4.69, 9.17) is 9.15 Å². The summed E-state index contributed by atoms with van der Waals surface area (Å²) in [4.78, 5) is 14.2. The Morgan fingerprint density at radius 1 is 1.12 bits per heavy atom. The summed E-state index contributed by atoms with van der Waals surface area (Å²) in [5.41, 5.74) is 2.76. The Hall–Kier alpha value is -2.75. The zero-order valence-corrected chi connectivity index (χ0v) is 14.2. The Balaban J connectivity index is 1.64. The molecule has 1 amide bonds. The molecule has 2 aromatic carbocycles. The van der Waals surface area contributed by atoms with E-state index in [1.165, 1.54) is 0 Å². The Labute approximate surface area is 141 Å². The first-order valence-corrected chi connectivity index (χ1v) is 7.99. The number of nitrogens with zero attached hydrogens (tertiary/aromatic N) is 1. The number of amides is 1. The Bertz CT molecular complexity index is 866. The van der Waals surface area contributed by atoms with Gasteiger partial charge in [0.25, 0.3) is 5.91 Å². The maximum absolute atomic E-state index is 12.6. The highest BCUT2D eigenvalue weighted by molar-refractivity contribution is 5.98. The summed E-state index contributed by atoms with van der Waals surface area (Å²) < 4.78 is 11.4. The number of carbonyl (C=O) groups excluding carboxylic acids is 1. The van der Waals surface area contributed by atoms with Crippen molar-refractivity contribution >= 4 is 16.9 Å². The highest BCUT2D eigenvalue weighted by Crippen LogP contribution is 2.25. The van der Waals surface area contributed by atoms with E-state index >= 15 is 0 Å². The van der Waals surface area contributed by atoms with Gasteiger partial charge >= 0.3 is 0 Å². The summed E-state index contributed by atoms with van der Waals surface area (Å²) in [6, 6.07) is 15.6. The highest BCUT2D eigenvalue weighted by atomic mass is 16.5. The first-order valence-electron chi connectivity index (χ1n) is 7.99. The molecule has 3 aromatic rings. The number of hydrogen-bond donors (Lipinski definition) is 0. The number of aryl methyl sites for hydroxylation is 2. The van der Waals surface area contributed by atoms with Crippen LogP contribution >= 0.6 is 0 Å². The number of furan rings is 1. The zero-order chi connectivity index (χ0) is 17.1. The van der Waals surface area contributed by atoms with Crippen molar-refractivity contribution in [2.45, 2.75) is 13.8 Å². The fourth-order valence-corrected chi connectivity index (χ4v) is 2.66. The van der Waals surface area contributed by atoms with E-state index in [1.54, 1.807) is 11.9 Å². The lowest BCUT2D eigenvalue weighted by molar-refractivity contribution is 0.0744. The van der Waals surface area contributed by atoms with Crippen molar-refractivity contribution in [2.75, 3.05) is 20.2 Å². The molecule has 1 heterocycles. The lowest BCUT2D eigenvalue weighted by Gasteiger charge is -2.16. The van der Waals surface area contributed by atoms with Crippen LogP contribution in [-0.4, -0.2) is 31.0 Å². The number of rotatable bonds is 5. The molecule has 1 aromatic heterocycles. The fraction of sp³-hybridized carbons (Fsp3) is 0.250. The summed E-state index contributed by atoms with van der Waals surface area (Å²) in [6.45, 7) is 4.86. The van der Waals surface area contributed by atoms with Gasteiger partial charge in [0.2, 0.25) is 0 Å². The number of fused-ring (bicyclic) bond motifs is 1. The smallest absolute Gasteiger partial charge is 0.289 e. The molecule has 0 fully saturated rings. The minimum Gasteiger partial charge on any atom is -0.492 e. The molecule has 0 bridgehead atoms. The number of para-hydroxylation sites is 1. The Kier molecular flexibility index (Phi) is 4.56. The molecule has 0 aliphatic rings. The van der Waals surface area contributed by atoms with E-state index in [1.807, 2.05) is 62.4 Å². The van der Waals surface area contributed by atoms with Crippen LogP contribution in [0.15, 0.2) is 52.9 Å². The van der Waals surface area contributed by atoms with Gasteiger partial charge in [0.15, 0.2) is 5.76 Å². The SMILES string of the molecule is Cc1cccc(OCCN(C)C(=O)c2oc3ccccc3c2C)c1. The molecule has 0 saturated heterocycles. The number of likely N-dealkylation sites (N-methyl/N-ethyl adjacent to an activating group) is 1. The van der Waals surface area contributed by atoms with E-state index in [-0.39, 0.29) is 5.91 Å². The minimum atomic E-state index is -0.128. The van der Waals surface area contributed by atoms with Crippen LogP contribution in [0.2, 0.25) is 0 Å². The third-order valence-corrected chi connectivity index (χ3v) is 4.07. The minimum absolute atomic E-state index is 0.128. The van der Waals surface area contributed by atoms with E-state index < -0.39 is 0 Å². The molecule has 0 spiro atoms. The van der Waals surface area contributed by atoms with Gasteiger partial charge in [0.1, 0.15) is 17.9 Å². The summed E-state index contributed by atoms with van der Waals surface area (Å²) in [7, 11) is 1.76. The first kappa shape index (κ1) is 16.1. The van der Waals surface area contributed by atoms with Crippen molar-refractivity contribution in [2.24, 2.45) is 0 Å². The van der Waals surface area contributed by atoms with Crippen LogP contribution in [-0.2, 0) is 0 Å². The second-order valence-electron chi connectivity index (χ2n) is 5.94. The van der Waals surface area contributed by atoms with Gasteiger partial charge in [-0.15, -0.1) is 0 Å². The quantitative estimate of drug-likeness (QED) is 0.706. The monoisotopic (exact) mass is 323 g/mol. The van der Waals surface area contributed by atoms with Gasteiger partial charge in [-0.05, 0) is 37.6 Å². The largest absolute Gasteiger partial charge is 0.492 e. The van der Waals surface area contributed by atoms with Gasteiger partial charge in [0, 0.05) is 18.0 Å². The molecule has 0 aliphatic carbocycles. The molecule has 124 valence electrons. The number of benzene rings is 2. The molecule has 0 N–H and O–H groups in total. The molecule has 0 unspecified atom stereocenters. The van der Waals surface area contributed by atoms with E-state index in [2.05, 4.69) is 0 Å². The number of ether oxygens (including phenoxy) is 1. The lowest BCUT2D eigenvalue weighted by Crippen LogP contribution is -2.31. The number of carbonyl (C=O) groups is 1. The van der Waals surface area contributed by atoms with Crippen LogP contribution in [0.3, 0.4) is 0 Å². The average molecular weight is 323 g/mol. The molecular weight excluding hydrogens is 302 g/mol. The Morgan fingerprint density at radius 3 is 2.67 bits per heavy atom. The van der Waals surface area contributed by atoms with E-state index in [9.17, 15) is 4.79 Å². The summed E-state index contributed by atoms with van der Waals surface area (Å²) >= 11 is 0. The van der Waals surface area contributed by atoms with Crippen LogP contribution in [0.1, 0.15) is 21.7 Å². The van der Waals surface area contributed by atoms with Crippen molar-refractivity contribution in [3.05, 3.63) is 65.4 Å². The van der Waals surface area contributed by atoms with Crippen LogP contribution in [0.4, 0.5) is 0 Å². The normalized spacial score (nSPS) is 10.8. The molecule has 0 aliphatic heterocycles. The van der Waals surface area contributed by atoms with E-state index in [0.29, 0.717) is 18.9 Å². The predicted octanol–water partition coefficient (Wildman–Crippen LogP) is 4.20. The summed E-state index contributed by atoms with van der Waals surface area (Å²) in [6.07, 6.45) is 0. The van der Waals surface area contributed by atoms with E-state index in [0.717, 1.165) is 27.8 Å². The summed E-state index contributed by atoms with van der Waals surface area (Å²) in [5.74, 6) is 1.08. The third-order valence-electron chi connectivity index (χ3n) is 4.07. The van der Waals surface area contributed by atoms with Gasteiger partial charge in [0.05, 0.1) is 6.54 Å². The third kappa shape index (κ3) is 3.27. The molecule has 24 heavy (non-hydrogen) atoms. The standard InChI is InChI=1S/C20H21NO3/c1-14-7-6-8-16(13-14)23-12-11-21(3)20(22)19-15(2)17-9-4-5-10-18(17)24-19/h4-10,13H,11-12H2,1-3H3. The van der Waals surface area contributed by atoms with Crippen molar-refractivity contribution in [1.82, 2.24) is 4.90 Å². The van der Waals surface area contributed by atoms with Crippen molar-refractivity contribution in [3.8, 4) is 5.75 Å². The molecule has 0 radical (unpaired) electrons. The molecular formula is C20H21NO3. The van der Waals surface area contributed by atoms with Crippen LogP contribution in [0.25, 0.3) is 11.0 Å². The summed E-state index contributed by atoms with van der Waals surface area (Å²) in [5, 5.41) is 0.977.